The number of hydrogen-bond donors (Lipinski definition) is 2. The number of halogens is 4. The second kappa shape index (κ2) is 3.87. The zero-order valence-corrected chi connectivity index (χ0v) is 7.51. The van der Waals surface area contributed by atoms with Crippen LogP contribution < -0.4 is 10.5 Å². The molecule has 0 aliphatic rings. The van der Waals surface area contributed by atoms with Crippen LogP contribution in [0.25, 0.3) is 0 Å². The van der Waals surface area contributed by atoms with Gasteiger partial charge in [0.25, 0.3) is 0 Å². The third kappa shape index (κ3) is 2.53. The van der Waals surface area contributed by atoms with Gasteiger partial charge in [0, 0.05) is 0 Å². The lowest BCUT2D eigenvalue weighted by Gasteiger charge is -2.13. The Bertz CT molecular complexity index is 430. The number of nitrogens with two attached hydrogens (primary N) is 1. The molecule has 0 spiro atoms. The van der Waals surface area contributed by atoms with Crippen LogP contribution in [0.5, 0.6) is 5.75 Å². The Morgan fingerprint density at radius 2 is 1.94 bits per heavy atom. The van der Waals surface area contributed by atoms with Crippen molar-refractivity contribution in [1.29, 1.82) is 0 Å². The lowest BCUT2D eigenvalue weighted by atomic mass is 10.1. The topological polar surface area (TPSA) is 72.5 Å². The van der Waals surface area contributed by atoms with E-state index in [1.54, 1.807) is 0 Å². The Kier molecular flexibility index (Phi) is 2.92. The Morgan fingerprint density at radius 1 is 1.38 bits per heavy atom. The zero-order chi connectivity index (χ0) is 12.5. The van der Waals surface area contributed by atoms with Crippen molar-refractivity contribution in [2.75, 3.05) is 5.73 Å². The molecule has 1 aromatic carbocycles. The second-order valence-electron chi connectivity index (χ2n) is 2.69. The van der Waals surface area contributed by atoms with Gasteiger partial charge in [-0.3, -0.25) is 0 Å². The molecule has 0 aromatic heterocycles. The number of nitrogen functional groups attached to an aromatic ring is 1. The van der Waals surface area contributed by atoms with Crippen molar-refractivity contribution < 1.29 is 32.2 Å². The summed E-state index contributed by atoms with van der Waals surface area (Å²) in [6, 6.07) is 1.42. The van der Waals surface area contributed by atoms with E-state index in [1.165, 1.54) is 0 Å². The normalized spacial score (nSPS) is 11.2. The van der Waals surface area contributed by atoms with Gasteiger partial charge in [0.2, 0.25) is 0 Å². The molecule has 0 radical (unpaired) electrons. The molecule has 88 valence electrons. The summed E-state index contributed by atoms with van der Waals surface area (Å²) in [5.41, 5.74) is 3.54. The molecule has 0 unspecified atom stereocenters. The average molecular weight is 239 g/mol. The molecule has 0 amide bonds. The predicted molar refractivity (Wildman–Crippen MR) is 44.5 cm³/mol. The molecule has 0 fully saturated rings. The Labute approximate surface area is 86.2 Å². The Morgan fingerprint density at radius 3 is 2.38 bits per heavy atom. The summed E-state index contributed by atoms with van der Waals surface area (Å²) >= 11 is 0. The first-order valence-electron chi connectivity index (χ1n) is 3.79. The van der Waals surface area contributed by atoms with E-state index >= 15 is 0 Å². The minimum Gasteiger partial charge on any atom is -0.477 e. The van der Waals surface area contributed by atoms with E-state index in [0.717, 1.165) is 6.07 Å². The quantitative estimate of drug-likeness (QED) is 0.611. The summed E-state index contributed by atoms with van der Waals surface area (Å²) in [5, 5.41) is 8.57. The highest BCUT2D eigenvalue weighted by Gasteiger charge is 2.35. The molecule has 1 aromatic rings. The van der Waals surface area contributed by atoms with Crippen molar-refractivity contribution in [1.82, 2.24) is 0 Å². The van der Waals surface area contributed by atoms with E-state index in [-0.39, 0.29) is 0 Å². The summed E-state index contributed by atoms with van der Waals surface area (Å²) in [4.78, 5) is 10.6. The van der Waals surface area contributed by atoms with Gasteiger partial charge in [-0.1, -0.05) is 0 Å². The highest BCUT2D eigenvalue weighted by molar-refractivity contribution is 5.96. The third-order valence-electron chi connectivity index (χ3n) is 1.57. The van der Waals surface area contributed by atoms with Crippen LogP contribution in [0.1, 0.15) is 10.4 Å². The molecular weight excluding hydrogens is 234 g/mol. The summed E-state index contributed by atoms with van der Waals surface area (Å²) in [6.45, 7) is 0. The molecule has 0 atom stereocenters. The number of hydrogen-bond acceptors (Lipinski definition) is 3. The van der Waals surface area contributed by atoms with Crippen molar-refractivity contribution in [3.05, 3.63) is 23.5 Å². The Balaban J connectivity index is 3.35. The molecule has 0 aliphatic heterocycles. The molecule has 1 rings (SSSR count). The van der Waals surface area contributed by atoms with Gasteiger partial charge in [0.1, 0.15) is 5.56 Å². The molecule has 16 heavy (non-hydrogen) atoms. The minimum absolute atomic E-state index is 0.520. The molecular formula is C8H5F4NO3. The number of anilines is 1. The van der Waals surface area contributed by atoms with Crippen LogP contribution in [0.4, 0.5) is 23.2 Å². The van der Waals surface area contributed by atoms with Gasteiger partial charge in [0.15, 0.2) is 11.6 Å². The van der Waals surface area contributed by atoms with Crippen molar-refractivity contribution in [3.8, 4) is 5.75 Å². The number of aromatic carboxylic acids is 1. The van der Waals surface area contributed by atoms with Crippen LogP contribution in [-0.2, 0) is 0 Å². The maximum atomic E-state index is 13.0. The number of ether oxygens (including phenoxy) is 1. The van der Waals surface area contributed by atoms with Crippen LogP contribution in [0, 0.1) is 5.82 Å². The average Bonchev–Trinajstić information content (AvgIpc) is 2.08. The van der Waals surface area contributed by atoms with Gasteiger partial charge in [0.05, 0.1) is 5.69 Å². The van der Waals surface area contributed by atoms with Gasteiger partial charge < -0.3 is 15.6 Å². The van der Waals surface area contributed by atoms with Crippen LogP contribution in [-0.4, -0.2) is 17.4 Å². The van der Waals surface area contributed by atoms with Gasteiger partial charge in [-0.05, 0) is 12.1 Å². The van der Waals surface area contributed by atoms with E-state index in [9.17, 15) is 22.4 Å². The Hall–Kier alpha value is -1.99. The van der Waals surface area contributed by atoms with Crippen LogP contribution >= 0.6 is 0 Å². The minimum atomic E-state index is -5.20. The maximum Gasteiger partial charge on any atom is 0.573 e. The molecule has 4 nitrogen and oxygen atoms in total. The third-order valence-corrected chi connectivity index (χ3v) is 1.57. The van der Waals surface area contributed by atoms with Gasteiger partial charge in [-0.25, -0.2) is 9.18 Å². The monoisotopic (exact) mass is 239 g/mol. The standard InChI is InChI=1S/C8H5F4NO3/c9-3-1-2-4(13)5(7(14)15)6(3)16-8(10,11)12/h1-2H,13H2,(H,14,15). The number of rotatable bonds is 2. The van der Waals surface area contributed by atoms with Crippen molar-refractivity contribution in [2.24, 2.45) is 0 Å². The number of carboxylic acids is 1. The maximum absolute atomic E-state index is 13.0. The van der Waals surface area contributed by atoms with Crippen LogP contribution in [0.2, 0.25) is 0 Å². The number of alkyl halides is 3. The summed E-state index contributed by atoms with van der Waals surface area (Å²) in [6.07, 6.45) is -5.20. The van der Waals surface area contributed by atoms with Gasteiger partial charge >= 0.3 is 12.3 Å². The highest BCUT2D eigenvalue weighted by atomic mass is 19.4. The molecule has 3 N–H and O–H groups in total. The molecule has 0 saturated carbocycles. The summed E-state index contributed by atoms with van der Waals surface area (Å²) in [7, 11) is 0. The fourth-order valence-corrected chi connectivity index (χ4v) is 1.01. The van der Waals surface area contributed by atoms with Crippen molar-refractivity contribution in [2.45, 2.75) is 6.36 Å². The second-order valence-corrected chi connectivity index (χ2v) is 2.69. The summed E-state index contributed by atoms with van der Waals surface area (Å²) < 4.78 is 51.9. The lowest BCUT2D eigenvalue weighted by Crippen LogP contribution is -2.20. The fraction of sp³-hybridized carbons (Fsp3) is 0.125. The van der Waals surface area contributed by atoms with E-state index < -0.39 is 35.1 Å². The number of benzene rings is 1. The first-order chi connectivity index (χ1) is 7.22. The fourth-order valence-electron chi connectivity index (χ4n) is 1.01. The van der Waals surface area contributed by atoms with E-state index in [2.05, 4.69) is 4.74 Å². The number of carboxylic acid groups (broad SMARTS) is 1. The summed E-state index contributed by atoms with van der Waals surface area (Å²) in [5.74, 6) is -4.71. The van der Waals surface area contributed by atoms with Gasteiger partial charge in [-0.15, -0.1) is 13.2 Å². The molecule has 0 aliphatic carbocycles. The van der Waals surface area contributed by atoms with E-state index in [4.69, 9.17) is 10.8 Å². The first-order valence-corrected chi connectivity index (χ1v) is 3.79. The zero-order valence-electron chi connectivity index (χ0n) is 7.51. The van der Waals surface area contributed by atoms with Crippen LogP contribution in [0.3, 0.4) is 0 Å². The predicted octanol–water partition coefficient (Wildman–Crippen LogP) is 2.00. The SMILES string of the molecule is Nc1ccc(F)c(OC(F)(F)F)c1C(=O)O. The first kappa shape index (κ1) is 12.1. The van der Waals surface area contributed by atoms with Crippen LogP contribution in [0.15, 0.2) is 12.1 Å². The van der Waals surface area contributed by atoms with E-state index in [0.29, 0.717) is 6.07 Å². The number of carbonyl (C=O) groups is 1. The molecule has 0 bridgehead atoms. The molecule has 0 saturated heterocycles. The van der Waals surface area contributed by atoms with Gasteiger partial charge in [-0.2, -0.15) is 0 Å². The highest BCUT2D eigenvalue weighted by Crippen LogP contribution is 2.32. The molecule has 0 heterocycles. The van der Waals surface area contributed by atoms with E-state index in [1.807, 2.05) is 0 Å². The largest absolute Gasteiger partial charge is 0.573 e. The lowest BCUT2D eigenvalue weighted by molar-refractivity contribution is -0.275. The van der Waals surface area contributed by atoms with Crippen molar-refractivity contribution in [3.63, 3.8) is 0 Å². The molecule has 8 heteroatoms. The smallest absolute Gasteiger partial charge is 0.477 e. The van der Waals surface area contributed by atoms with Crippen molar-refractivity contribution >= 4 is 11.7 Å².